The Bertz CT molecular complexity index is 823. The van der Waals surface area contributed by atoms with E-state index in [1.807, 2.05) is 24.3 Å². The zero-order valence-electron chi connectivity index (χ0n) is 11.0. The predicted molar refractivity (Wildman–Crippen MR) is 78.8 cm³/mol. The number of fused-ring (bicyclic) bond motifs is 1. The van der Waals surface area contributed by atoms with Crippen LogP contribution in [0.15, 0.2) is 35.4 Å². The molecule has 2 heterocycles. The van der Waals surface area contributed by atoms with Crippen molar-refractivity contribution < 1.29 is 9.47 Å². The fourth-order valence-electron chi connectivity index (χ4n) is 2.00. The third-order valence-electron chi connectivity index (χ3n) is 3.01. The number of ether oxygens (including phenoxy) is 2. The fourth-order valence-corrected chi connectivity index (χ4v) is 3.03. The summed E-state index contributed by atoms with van der Waals surface area (Å²) < 4.78 is 10.6. The van der Waals surface area contributed by atoms with Crippen LogP contribution in [0.1, 0.15) is 0 Å². The Hall–Kier alpha value is -2.34. The number of thiophene rings is 1. The summed E-state index contributed by atoms with van der Waals surface area (Å²) in [6.45, 7) is 0. The van der Waals surface area contributed by atoms with Gasteiger partial charge in [0, 0.05) is 16.5 Å². The van der Waals surface area contributed by atoms with Gasteiger partial charge in [-0.1, -0.05) is 0 Å². The van der Waals surface area contributed by atoms with Crippen molar-refractivity contribution in [3.05, 3.63) is 40.9 Å². The summed E-state index contributed by atoms with van der Waals surface area (Å²) in [5.74, 6) is 1.43. The molecule has 102 valence electrons. The van der Waals surface area contributed by atoms with Crippen molar-refractivity contribution in [1.29, 1.82) is 0 Å². The Balaban J connectivity index is 2.20. The SMILES string of the molecule is COc1ccc(-c2cc3c(=O)[nH]cnc3s2)c(OC)c1. The van der Waals surface area contributed by atoms with Crippen LogP contribution in [0.4, 0.5) is 0 Å². The van der Waals surface area contributed by atoms with Crippen LogP contribution in [0.2, 0.25) is 0 Å². The van der Waals surface area contributed by atoms with Gasteiger partial charge >= 0.3 is 0 Å². The second-order valence-electron chi connectivity index (χ2n) is 4.13. The van der Waals surface area contributed by atoms with E-state index in [0.717, 1.165) is 16.2 Å². The average molecular weight is 288 g/mol. The number of hydrogen-bond acceptors (Lipinski definition) is 5. The summed E-state index contributed by atoms with van der Waals surface area (Å²) in [7, 11) is 3.22. The van der Waals surface area contributed by atoms with Gasteiger partial charge in [-0.15, -0.1) is 11.3 Å². The lowest BCUT2D eigenvalue weighted by Crippen LogP contribution is -2.03. The lowest BCUT2D eigenvalue weighted by Gasteiger charge is -2.08. The van der Waals surface area contributed by atoms with Crippen LogP contribution in [0.5, 0.6) is 11.5 Å². The molecule has 0 unspecified atom stereocenters. The summed E-state index contributed by atoms with van der Waals surface area (Å²) in [4.78, 5) is 20.1. The number of methoxy groups -OCH3 is 2. The lowest BCUT2D eigenvalue weighted by molar-refractivity contribution is 0.395. The maximum absolute atomic E-state index is 11.7. The Morgan fingerprint density at radius 3 is 2.75 bits per heavy atom. The van der Waals surface area contributed by atoms with Crippen molar-refractivity contribution in [2.75, 3.05) is 14.2 Å². The van der Waals surface area contributed by atoms with E-state index in [4.69, 9.17) is 9.47 Å². The van der Waals surface area contributed by atoms with Crippen LogP contribution in [0.25, 0.3) is 20.7 Å². The molecule has 0 atom stereocenters. The van der Waals surface area contributed by atoms with Crippen LogP contribution in [-0.2, 0) is 0 Å². The molecule has 2 aromatic heterocycles. The molecule has 6 heteroatoms. The highest BCUT2D eigenvalue weighted by Gasteiger charge is 2.12. The maximum atomic E-state index is 11.7. The molecule has 0 amide bonds. The minimum atomic E-state index is -0.134. The van der Waals surface area contributed by atoms with Gasteiger partial charge in [-0.25, -0.2) is 4.98 Å². The molecule has 0 radical (unpaired) electrons. The molecular weight excluding hydrogens is 276 g/mol. The average Bonchev–Trinajstić information content (AvgIpc) is 2.92. The van der Waals surface area contributed by atoms with Crippen molar-refractivity contribution >= 4 is 21.6 Å². The van der Waals surface area contributed by atoms with Gasteiger partial charge in [-0.05, 0) is 18.2 Å². The van der Waals surface area contributed by atoms with Crippen molar-refractivity contribution in [3.8, 4) is 21.9 Å². The summed E-state index contributed by atoms with van der Waals surface area (Å²) in [6, 6.07) is 7.42. The largest absolute Gasteiger partial charge is 0.497 e. The molecule has 3 rings (SSSR count). The minimum absolute atomic E-state index is 0.134. The van der Waals surface area contributed by atoms with Gasteiger partial charge < -0.3 is 14.5 Å². The number of rotatable bonds is 3. The van der Waals surface area contributed by atoms with Gasteiger partial charge in [0.15, 0.2) is 0 Å². The summed E-state index contributed by atoms with van der Waals surface area (Å²) in [6.07, 6.45) is 1.41. The maximum Gasteiger partial charge on any atom is 0.259 e. The quantitative estimate of drug-likeness (QED) is 0.804. The molecule has 0 spiro atoms. The van der Waals surface area contributed by atoms with Gasteiger partial charge in [-0.3, -0.25) is 4.79 Å². The van der Waals surface area contributed by atoms with Gasteiger partial charge in [0.25, 0.3) is 5.56 Å². The van der Waals surface area contributed by atoms with Crippen LogP contribution < -0.4 is 15.0 Å². The van der Waals surface area contributed by atoms with E-state index in [9.17, 15) is 4.79 Å². The van der Waals surface area contributed by atoms with E-state index in [1.54, 1.807) is 14.2 Å². The first-order chi connectivity index (χ1) is 9.72. The second-order valence-corrected chi connectivity index (χ2v) is 5.16. The summed E-state index contributed by atoms with van der Waals surface area (Å²) in [5, 5.41) is 0.588. The monoisotopic (exact) mass is 288 g/mol. The standard InChI is InChI=1S/C14H12N2O3S/c1-18-8-3-4-9(11(5-8)19-2)12-6-10-13(17)15-7-16-14(10)20-12/h3-7H,1-2H3,(H,15,16,17). The second kappa shape index (κ2) is 4.97. The number of hydrogen-bond donors (Lipinski definition) is 1. The molecule has 0 bridgehead atoms. The van der Waals surface area contributed by atoms with Crippen LogP contribution >= 0.6 is 11.3 Å². The zero-order valence-corrected chi connectivity index (χ0v) is 11.8. The molecule has 0 aliphatic carbocycles. The molecule has 0 saturated carbocycles. The number of H-pyrrole nitrogens is 1. The number of aromatic amines is 1. The highest BCUT2D eigenvalue weighted by molar-refractivity contribution is 7.21. The van der Waals surface area contributed by atoms with E-state index in [0.29, 0.717) is 16.0 Å². The van der Waals surface area contributed by atoms with Crippen LogP contribution in [-0.4, -0.2) is 24.2 Å². The van der Waals surface area contributed by atoms with E-state index >= 15 is 0 Å². The Kier molecular flexibility index (Phi) is 3.15. The minimum Gasteiger partial charge on any atom is -0.497 e. The first kappa shape index (κ1) is 12.7. The molecule has 3 aromatic rings. The molecule has 0 aliphatic rings. The van der Waals surface area contributed by atoms with Gasteiger partial charge in [0.05, 0.1) is 25.9 Å². The number of nitrogens with one attached hydrogen (secondary N) is 1. The normalized spacial score (nSPS) is 10.7. The predicted octanol–water partition coefficient (Wildman–Crippen LogP) is 2.67. The Morgan fingerprint density at radius 1 is 1.20 bits per heavy atom. The van der Waals surface area contributed by atoms with Crippen molar-refractivity contribution in [2.45, 2.75) is 0 Å². The molecule has 0 aliphatic heterocycles. The van der Waals surface area contributed by atoms with E-state index in [1.165, 1.54) is 17.7 Å². The molecule has 20 heavy (non-hydrogen) atoms. The molecule has 0 fully saturated rings. The molecule has 1 aromatic carbocycles. The summed E-state index contributed by atoms with van der Waals surface area (Å²) >= 11 is 1.46. The highest BCUT2D eigenvalue weighted by Crippen LogP contribution is 2.38. The molecule has 0 saturated heterocycles. The Morgan fingerprint density at radius 2 is 2.05 bits per heavy atom. The number of benzene rings is 1. The summed E-state index contributed by atoms with van der Waals surface area (Å²) in [5.41, 5.74) is 0.778. The molecule has 1 N–H and O–H groups in total. The van der Waals surface area contributed by atoms with Crippen molar-refractivity contribution in [2.24, 2.45) is 0 Å². The smallest absolute Gasteiger partial charge is 0.259 e. The van der Waals surface area contributed by atoms with Crippen molar-refractivity contribution in [1.82, 2.24) is 9.97 Å². The first-order valence-electron chi connectivity index (χ1n) is 5.92. The first-order valence-corrected chi connectivity index (χ1v) is 6.74. The van der Waals surface area contributed by atoms with Crippen molar-refractivity contribution in [3.63, 3.8) is 0 Å². The van der Waals surface area contributed by atoms with E-state index < -0.39 is 0 Å². The number of nitrogens with zero attached hydrogens (tertiary/aromatic N) is 1. The van der Waals surface area contributed by atoms with Gasteiger partial charge in [0.1, 0.15) is 16.3 Å². The van der Waals surface area contributed by atoms with E-state index in [-0.39, 0.29) is 5.56 Å². The highest BCUT2D eigenvalue weighted by atomic mass is 32.1. The fraction of sp³-hybridized carbons (Fsp3) is 0.143. The van der Waals surface area contributed by atoms with Crippen LogP contribution in [0.3, 0.4) is 0 Å². The zero-order chi connectivity index (χ0) is 14.1. The third-order valence-corrected chi connectivity index (χ3v) is 4.09. The molecule has 5 nitrogen and oxygen atoms in total. The lowest BCUT2D eigenvalue weighted by atomic mass is 10.1. The molecular formula is C14H12N2O3S. The Labute approximate surface area is 118 Å². The van der Waals surface area contributed by atoms with Gasteiger partial charge in [-0.2, -0.15) is 0 Å². The third kappa shape index (κ3) is 2.04. The topological polar surface area (TPSA) is 64.2 Å². The van der Waals surface area contributed by atoms with Crippen LogP contribution in [0, 0.1) is 0 Å². The number of aromatic nitrogens is 2. The van der Waals surface area contributed by atoms with E-state index in [2.05, 4.69) is 9.97 Å². The van der Waals surface area contributed by atoms with Gasteiger partial charge in [0.2, 0.25) is 0 Å².